The van der Waals surface area contributed by atoms with E-state index in [0.717, 1.165) is 32.1 Å². The molecule has 2 bridgehead atoms. The number of amides is 2. The van der Waals surface area contributed by atoms with E-state index in [2.05, 4.69) is 17.6 Å². The minimum Gasteiger partial charge on any atom is -0.467 e. The van der Waals surface area contributed by atoms with E-state index in [0.29, 0.717) is 23.8 Å². The molecule has 1 aromatic carbocycles. The summed E-state index contributed by atoms with van der Waals surface area (Å²) >= 11 is 0. The highest BCUT2D eigenvalue weighted by molar-refractivity contribution is 5.98. The largest absolute Gasteiger partial charge is 0.467 e. The van der Waals surface area contributed by atoms with E-state index in [-0.39, 0.29) is 29.1 Å². The highest BCUT2D eigenvalue weighted by Gasteiger charge is 2.61. The van der Waals surface area contributed by atoms with Gasteiger partial charge in [-0.1, -0.05) is 31.9 Å². The number of benzene rings is 1. The normalized spacial score (nSPS) is 37.6. The first kappa shape index (κ1) is 17.1. The molecular formula is C22H28N2O3. The van der Waals surface area contributed by atoms with Gasteiger partial charge in [-0.25, -0.2) is 0 Å². The van der Waals surface area contributed by atoms with Crippen LogP contribution in [0.15, 0.2) is 24.3 Å². The quantitative estimate of drug-likeness (QED) is 0.841. The average Bonchev–Trinajstić information content (AvgIpc) is 3.14. The zero-order valence-electron chi connectivity index (χ0n) is 15.9. The van der Waals surface area contributed by atoms with Gasteiger partial charge >= 0.3 is 0 Å². The van der Waals surface area contributed by atoms with Crippen LogP contribution in [-0.2, 0) is 4.79 Å². The Labute approximate surface area is 160 Å². The molecule has 0 saturated heterocycles. The lowest BCUT2D eigenvalue weighted by Gasteiger charge is -2.59. The molecule has 0 aromatic heterocycles. The summed E-state index contributed by atoms with van der Waals surface area (Å²) in [5.74, 6) is 1.02. The van der Waals surface area contributed by atoms with Crippen molar-refractivity contribution >= 4 is 11.8 Å². The molecule has 5 heteroatoms. The second kappa shape index (κ2) is 5.98. The minimum absolute atomic E-state index is 0.0140. The monoisotopic (exact) mass is 368 g/mol. The van der Waals surface area contributed by atoms with E-state index >= 15 is 0 Å². The van der Waals surface area contributed by atoms with E-state index < -0.39 is 5.72 Å². The van der Waals surface area contributed by atoms with Crippen LogP contribution in [0.5, 0.6) is 5.75 Å². The maximum Gasteiger partial charge on any atom is 0.258 e. The molecule has 4 fully saturated rings. The van der Waals surface area contributed by atoms with Crippen molar-refractivity contribution in [2.24, 2.45) is 17.3 Å². The number of fused-ring (bicyclic) bond motifs is 3. The first-order chi connectivity index (χ1) is 13.0. The molecule has 1 aliphatic heterocycles. The molecule has 4 atom stereocenters. The summed E-state index contributed by atoms with van der Waals surface area (Å²) in [5.41, 5.74) is -0.204. The topological polar surface area (TPSA) is 67.4 Å². The molecule has 4 saturated carbocycles. The van der Waals surface area contributed by atoms with Gasteiger partial charge in [-0.2, -0.15) is 0 Å². The summed E-state index contributed by atoms with van der Waals surface area (Å²) in [6, 6.07) is 7.81. The van der Waals surface area contributed by atoms with Crippen LogP contribution in [-0.4, -0.2) is 23.6 Å². The fourth-order valence-corrected chi connectivity index (χ4v) is 6.03. The molecular weight excluding hydrogens is 340 g/mol. The average molecular weight is 368 g/mol. The Morgan fingerprint density at radius 3 is 2.78 bits per heavy atom. The van der Waals surface area contributed by atoms with Gasteiger partial charge in [-0.05, 0) is 49.7 Å². The van der Waals surface area contributed by atoms with Crippen molar-refractivity contribution in [3.63, 3.8) is 0 Å². The molecule has 5 nitrogen and oxygen atoms in total. The number of rotatable bonds is 2. The van der Waals surface area contributed by atoms with Crippen molar-refractivity contribution in [2.45, 2.75) is 70.1 Å². The van der Waals surface area contributed by atoms with Gasteiger partial charge in [-0.3, -0.25) is 9.59 Å². The van der Waals surface area contributed by atoms with E-state index in [9.17, 15) is 9.59 Å². The van der Waals surface area contributed by atoms with Crippen LogP contribution in [0.3, 0.4) is 0 Å². The second-order valence-electron chi connectivity index (χ2n) is 9.29. The van der Waals surface area contributed by atoms with Crippen LogP contribution >= 0.6 is 0 Å². The van der Waals surface area contributed by atoms with Crippen molar-refractivity contribution in [1.29, 1.82) is 0 Å². The van der Waals surface area contributed by atoms with Crippen molar-refractivity contribution in [3.8, 4) is 5.75 Å². The molecule has 1 spiro atoms. The Morgan fingerprint density at radius 1 is 1.22 bits per heavy atom. The third-order valence-corrected chi connectivity index (χ3v) is 7.52. The number of carbonyl (C=O) groups is 2. The lowest BCUT2D eigenvalue weighted by atomic mass is 9.52. The van der Waals surface area contributed by atoms with Crippen molar-refractivity contribution in [1.82, 2.24) is 10.6 Å². The predicted molar refractivity (Wildman–Crippen MR) is 101 cm³/mol. The van der Waals surface area contributed by atoms with Gasteiger partial charge in [-0.15, -0.1) is 0 Å². The number of carbonyl (C=O) groups excluding carboxylic acids is 2. The summed E-state index contributed by atoms with van der Waals surface area (Å²) in [4.78, 5) is 25.8. The van der Waals surface area contributed by atoms with Gasteiger partial charge in [0.15, 0.2) is 5.72 Å². The Balaban J connectivity index is 1.39. The van der Waals surface area contributed by atoms with E-state index in [1.54, 1.807) is 6.07 Å². The maximum atomic E-state index is 13.0. The fraction of sp³-hybridized carbons (Fsp3) is 0.636. The van der Waals surface area contributed by atoms with Crippen molar-refractivity contribution in [3.05, 3.63) is 29.8 Å². The molecule has 4 aliphatic carbocycles. The number of hydrogen-bond acceptors (Lipinski definition) is 3. The summed E-state index contributed by atoms with van der Waals surface area (Å²) < 4.78 is 6.43. The first-order valence-electron chi connectivity index (χ1n) is 10.4. The predicted octanol–water partition coefficient (Wildman–Crippen LogP) is 3.39. The lowest BCUT2D eigenvalue weighted by molar-refractivity contribution is -0.167. The van der Waals surface area contributed by atoms with E-state index in [4.69, 9.17) is 4.74 Å². The van der Waals surface area contributed by atoms with Crippen LogP contribution in [0.4, 0.5) is 0 Å². The molecule has 1 aromatic rings. The zero-order valence-corrected chi connectivity index (χ0v) is 15.9. The van der Waals surface area contributed by atoms with Crippen molar-refractivity contribution in [2.75, 3.05) is 0 Å². The van der Waals surface area contributed by atoms with Crippen LogP contribution in [0.1, 0.15) is 68.6 Å². The summed E-state index contributed by atoms with van der Waals surface area (Å²) in [7, 11) is 0. The second-order valence-corrected chi connectivity index (χ2v) is 9.29. The SMILES string of the molecule is C[C@@]12CC[C@@H](C[C@H]1C(=O)NC1CCCC1)[C@@]1(C2)NC(=O)c2ccccc2O1. The van der Waals surface area contributed by atoms with Crippen molar-refractivity contribution < 1.29 is 14.3 Å². The molecule has 2 N–H and O–H groups in total. The molecule has 27 heavy (non-hydrogen) atoms. The molecule has 5 aliphatic rings. The molecule has 0 unspecified atom stereocenters. The highest BCUT2D eigenvalue weighted by atomic mass is 16.5. The van der Waals surface area contributed by atoms with Crippen LogP contribution in [0.2, 0.25) is 0 Å². The maximum absolute atomic E-state index is 13.0. The third kappa shape index (κ3) is 2.66. The van der Waals surface area contributed by atoms with Gasteiger partial charge in [0.25, 0.3) is 5.91 Å². The Hall–Kier alpha value is -2.04. The standard InChI is InChI=1S/C22H28N2O3/c1-21-11-10-14(12-17(21)20(26)23-15-6-2-3-7-15)22(13-21)24-19(25)16-8-4-5-9-18(16)27-22/h4-5,8-9,14-15,17H,2-3,6-7,10-13H2,1H3,(H,23,26)(H,24,25)/t14-,17-,21-,22-/m0/s1. The Kier molecular flexibility index (Phi) is 3.78. The molecule has 1 heterocycles. The number of ether oxygens (including phenoxy) is 1. The molecule has 2 amide bonds. The smallest absolute Gasteiger partial charge is 0.258 e. The summed E-state index contributed by atoms with van der Waals surface area (Å²) in [6.45, 7) is 2.21. The van der Waals surface area contributed by atoms with E-state index in [1.165, 1.54) is 12.8 Å². The Morgan fingerprint density at radius 2 is 2.00 bits per heavy atom. The Bertz CT molecular complexity index is 788. The van der Waals surface area contributed by atoms with Crippen LogP contribution < -0.4 is 15.4 Å². The van der Waals surface area contributed by atoms with Crippen LogP contribution in [0, 0.1) is 17.3 Å². The van der Waals surface area contributed by atoms with Gasteiger partial charge in [0.05, 0.1) is 5.56 Å². The number of hydrogen-bond donors (Lipinski definition) is 2. The number of para-hydroxylation sites is 1. The highest BCUT2D eigenvalue weighted by Crippen LogP contribution is 2.58. The van der Waals surface area contributed by atoms with E-state index in [1.807, 2.05) is 18.2 Å². The molecule has 6 rings (SSSR count). The van der Waals surface area contributed by atoms with Gasteiger partial charge in [0.2, 0.25) is 5.91 Å². The van der Waals surface area contributed by atoms with Crippen LogP contribution in [0.25, 0.3) is 0 Å². The minimum atomic E-state index is -0.664. The molecule has 0 radical (unpaired) electrons. The van der Waals surface area contributed by atoms with Gasteiger partial charge in [0, 0.05) is 24.3 Å². The van der Waals surface area contributed by atoms with Gasteiger partial charge < -0.3 is 15.4 Å². The zero-order chi connectivity index (χ0) is 18.6. The summed E-state index contributed by atoms with van der Waals surface area (Å²) in [5, 5.41) is 6.49. The number of nitrogens with one attached hydrogen (secondary N) is 2. The van der Waals surface area contributed by atoms with Gasteiger partial charge in [0.1, 0.15) is 5.75 Å². The lowest BCUT2D eigenvalue weighted by Crippen LogP contribution is -2.69. The first-order valence-corrected chi connectivity index (χ1v) is 10.4. The third-order valence-electron chi connectivity index (χ3n) is 7.52. The summed E-state index contributed by atoms with van der Waals surface area (Å²) in [6.07, 6.45) is 8.16. The molecule has 144 valence electrons. The fourth-order valence-electron chi connectivity index (χ4n) is 6.03.